The average molecular weight is 1550 g/mol. The van der Waals surface area contributed by atoms with Crippen LogP contribution in [0.2, 0.25) is 0 Å². The molecule has 2 aliphatic rings. The molecule has 2 heterocycles. The fourth-order valence-electron chi connectivity index (χ4n) is 9.81. The minimum Gasteiger partial charge on any atom is -0.489 e. The van der Waals surface area contributed by atoms with Crippen LogP contribution in [0.4, 0.5) is 45.5 Å². The summed E-state index contributed by atoms with van der Waals surface area (Å²) in [5.74, 6) is -5.45. The van der Waals surface area contributed by atoms with E-state index in [-0.39, 0.29) is 141 Å². The van der Waals surface area contributed by atoms with Crippen molar-refractivity contribution in [2.24, 2.45) is 50.9 Å². The normalized spacial score (nSPS) is 14.9. The number of benzene rings is 8. The van der Waals surface area contributed by atoms with Gasteiger partial charge < -0.3 is 29.6 Å². The number of anilines is 2. The number of carbonyl (C=O) groups is 6. The van der Waals surface area contributed by atoms with Gasteiger partial charge in [-0.05, 0) is 145 Å². The van der Waals surface area contributed by atoms with E-state index < -0.39 is 92.6 Å². The predicted octanol–water partition coefficient (Wildman–Crippen LogP) is 8.68. The molecule has 10 N–H and O–H groups in total. The molecule has 108 heavy (non-hydrogen) atoms. The molecule has 0 atom stereocenters. The molecule has 44 heteroatoms. The minimum absolute atomic E-state index is 0.00717. The first kappa shape index (κ1) is 77.9. The second-order valence-corrected chi connectivity index (χ2v) is 27.2. The molecule has 2 aliphatic heterocycles. The van der Waals surface area contributed by atoms with Crippen molar-refractivity contribution >= 4 is 157 Å². The molecular formula is C64H52N18O22S4. The molecule has 0 aliphatic carbocycles. The Morgan fingerprint density at radius 1 is 0.491 bits per heavy atom. The van der Waals surface area contributed by atoms with E-state index in [2.05, 4.69) is 92.2 Å². The molecule has 0 unspecified atom stereocenters. The van der Waals surface area contributed by atoms with E-state index in [1.54, 1.807) is 19.9 Å². The van der Waals surface area contributed by atoms with Gasteiger partial charge in [0, 0.05) is 38.9 Å². The van der Waals surface area contributed by atoms with E-state index in [1.807, 2.05) is 0 Å². The summed E-state index contributed by atoms with van der Waals surface area (Å²) in [6, 6.07) is 26.2. The van der Waals surface area contributed by atoms with E-state index in [0.29, 0.717) is 34.6 Å². The Morgan fingerprint density at radius 2 is 0.926 bits per heavy atom. The molecule has 6 amide bonds. The predicted molar refractivity (Wildman–Crippen MR) is 375 cm³/mol. The number of amides is 6. The van der Waals surface area contributed by atoms with Gasteiger partial charge in [-0.2, -0.15) is 76.7 Å². The van der Waals surface area contributed by atoms with Gasteiger partial charge in [0.15, 0.2) is 0 Å². The van der Waals surface area contributed by atoms with E-state index in [9.17, 15) is 67.7 Å². The van der Waals surface area contributed by atoms with Crippen molar-refractivity contribution < 1.29 is 101 Å². The molecule has 10 rings (SSSR count). The first-order valence-corrected chi connectivity index (χ1v) is 35.7. The Labute approximate surface area is 613 Å². The number of guanidine groups is 2. The lowest BCUT2D eigenvalue weighted by Crippen LogP contribution is -2.58. The minimum atomic E-state index is -4.99. The van der Waals surface area contributed by atoms with Crippen LogP contribution in [0, 0.1) is 36.8 Å². The zero-order valence-corrected chi connectivity index (χ0v) is 58.5. The van der Waals surface area contributed by atoms with E-state index in [4.69, 9.17) is 34.7 Å². The summed E-state index contributed by atoms with van der Waals surface area (Å²) in [6.45, 7) is 2.92. The van der Waals surface area contributed by atoms with Crippen molar-refractivity contribution in [3.63, 3.8) is 0 Å². The number of carbonyl (C=O) groups excluding carboxylic acids is 6. The third-order valence-corrected chi connectivity index (χ3v) is 18.0. The van der Waals surface area contributed by atoms with E-state index >= 15 is 0 Å². The molecule has 8 aromatic carbocycles. The lowest BCUT2D eigenvalue weighted by Gasteiger charge is -2.18. The van der Waals surface area contributed by atoms with Crippen molar-refractivity contribution in [2.45, 2.75) is 45.5 Å². The number of hydrogen-bond acceptors (Lipinski definition) is 32. The van der Waals surface area contributed by atoms with Crippen LogP contribution in [0.25, 0.3) is 21.5 Å². The lowest BCUT2D eigenvalue weighted by atomic mass is 10.1. The summed E-state index contributed by atoms with van der Waals surface area (Å²) in [4.78, 5) is 82.0. The molecule has 0 aromatic heterocycles. The molecule has 0 radical (unpaired) electrons. The molecular weight excluding hydrogens is 1500 g/mol. The van der Waals surface area contributed by atoms with Crippen LogP contribution >= 0.6 is 12.0 Å². The SMILES string of the molecule is Cc1cc(NC(=O)c2ccc(/N=N/C3C(=O)NC(=NC#N)NC3=O)cc2)c(OCCOCCOCCOc2cc(/N=N/c3ccc4cc(SOOO)cc(S(=O)(=O)O)c4c3)c(C)cc2NC(=O)c2ccc(/N=N/C3C(=O)NC(=NC#N)NC3=O)cc2)cc1/N=N/c1ccc2c(S(=O)(=O)O)cc(S(=O)(=O)O)cc2c1. The van der Waals surface area contributed by atoms with Crippen LogP contribution in [0.3, 0.4) is 0 Å². The fourth-order valence-corrected chi connectivity index (χ4v) is 12.4. The summed E-state index contributed by atoms with van der Waals surface area (Å²) < 4.78 is 132. The fraction of sp³-hybridized carbons (Fsp3) is 0.156. The smallest absolute Gasteiger partial charge is 0.295 e. The maximum absolute atomic E-state index is 13.8. The van der Waals surface area contributed by atoms with Gasteiger partial charge in [-0.25, -0.2) is 5.26 Å². The first-order chi connectivity index (χ1) is 51.5. The van der Waals surface area contributed by atoms with Crippen molar-refractivity contribution in [2.75, 3.05) is 50.3 Å². The number of aryl methyl sites for hydroxylation is 2. The largest absolute Gasteiger partial charge is 0.489 e. The molecule has 2 fully saturated rings. The molecule has 0 bridgehead atoms. The van der Waals surface area contributed by atoms with Crippen LogP contribution in [0.15, 0.2) is 204 Å². The number of azo groups is 4. The standard InChI is InChI=1S/C64H52N18O22S4/c1-33-21-49(69-57(83)35-3-8-39(9-4-35)75-81-55-59(85)71-63(67-31-65)72-60(55)86)51(29-47(33)79-77-41-13-14-45-38(23-41)25-44(106(90,91)92)28-54(45)108(96,97)98)101-19-17-99-15-16-100-18-20-102-52-30-48(80-78-42-12-7-37-24-43(105-104-103-89)27-53(46(37)26-42)107(93,94)95)34(2)22-50(52)70-58(84)36-5-10-40(11-6-36)76-82-56-61(87)73-64(68-32-66)74-62(56)88/h3-14,21-30,55-56,89H,15-20H2,1-2H3,(H,69,83)(H,70,84)(H,90,91,92)(H,93,94,95)(H,96,97,98)(H2,67,71,72,85,86)(H2,68,73,74,87,88)/b79-77+,80-78+,81-75+,82-76+. The summed E-state index contributed by atoms with van der Waals surface area (Å²) in [6.07, 6.45) is 2.87. The van der Waals surface area contributed by atoms with Crippen molar-refractivity contribution in [1.29, 1.82) is 10.5 Å². The van der Waals surface area contributed by atoms with Crippen LogP contribution in [0.5, 0.6) is 11.5 Å². The highest BCUT2D eigenvalue weighted by Crippen LogP contribution is 2.39. The third-order valence-electron chi connectivity index (χ3n) is 14.9. The molecule has 0 spiro atoms. The maximum atomic E-state index is 13.8. The Kier molecular flexibility index (Phi) is 24.9. The number of aliphatic imine (C=N–C) groups is 2. The summed E-state index contributed by atoms with van der Waals surface area (Å²) >= 11 is 0.470. The van der Waals surface area contributed by atoms with Gasteiger partial charge in [-0.3, -0.25) is 63.7 Å². The number of hydrogen-bond donors (Lipinski definition) is 10. The van der Waals surface area contributed by atoms with Gasteiger partial charge in [-0.15, -0.1) is 14.3 Å². The van der Waals surface area contributed by atoms with Crippen LogP contribution in [0.1, 0.15) is 31.8 Å². The number of nitriles is 2. The third kappa shape index (κ3) is 20.2. The zero-order valence-electron chi connectivity index (χ0n) is 55.2. The summed E-state index contributed by atoms with van der Waals surface area (Å²) in [5.41, 5.74) is 2.30. The zero-order chi connectivity index (χ0) is 77.5. The van der Waals surface area contributed by atoms with Gasteiger partial charge >= 0.3 is 0 Å². The Balaban J connectivity index is 0.811. The molecule has 40 nitrogen and oxygen atoms in total. The monoisotopic (exact) mass is 1550 g/mol. The van der Waals surface area contributed by atoms with Crippen LogP contribution in [-0.2, 0) is 68.4 Å². The van der Waals surface area contributed by atoms with Gasteiger partial charge in [0.1, 0.15) is 34.5 Å². The average Bonchev–Trinajstić information content (AvgIpc) is 0.751. The number of ether oxygens (including phenoxy) is 4. The topological polar surface area (TPSA) is 584 Å². The second kappa shape index (κ2) is 34.5. The Morgan fingerprint density at radius 3 is 1.37 bits per heavy atom. The second-order valence-electron chi connectivity index (χ2n) is 22.2. The summed E-state index contributed by atoms with van der Waals surface area (Å²) in [7, 11) is -14.8. The van der Waals surface area contributed by atoms with E-state index in [1.165, 1.54) is 122 Å². The van der Waals surface area contributed by atoms with E-state index in [0.717, 1.165) is 12.1 Å². The molecule has 0 saturated carbocycles. The highest BCUT2D eigenvalue weighted by atomic mass is 32.2. The number of fused-ring (bicyclic) bond motifs is 2. The van der Waals surface area contributed by atoms with Crippen molar-refractivity contribution in [1.82, 2.24) is 21.3 Å². The highest BCUT2D eigenvalue weighted by molar-refractivity contribution is 7.94. The Bertz CT molecular complexity index is 5560. The van der Waals surface area contributed by atoms with Gasteiger partial charge in [0.05, 0.1) is 88.9 Å². The van der Waals surface area contributed by atoms with Crippen molar-refractivity contribution in [3.05, 3.63) is 156 Å². The summed E-state index contributed by atoms with van der Waals surface area (Å²) in [5, 5.41) is 77.1. The Hall–Kier alpha value is -12.7. The number of nitrogens with one attached hydrogen (secondary N) is 6. The molecule has 554 valence electrons. The van der Waals surface area contributed by atoms with Gasteiger partial charge in [0.2, 0.25) is 36.4 Å². The van der Waals surface area contributed by atoms with Gasteiger partial charge in [-0.1, -0.05) is 17.2 Å². The van der Waals surface area contributed by atoms with Gasteiger partial charge in [0.25, 0.3) is 65.8 Å². The van der Waals surface area contributed by atoms with Crippen LogP contribution in [-0.4, -0.2) is 143 Å². The number of rotatable bonds is 29. The molecule has 8 aromatic rings. The molecule has 2 saturated heterocycles. The first-order valence-electron chi connectivity index (χ1n) is 30.6. The highest BCUT2D eigenvalue weighted by Gasteiger charge is 2.35. The number of nitrogens with zero attached hydrogens (tertiary/aromatic N) is 12. The maximum Gasteiger partial charge on any atom is 0.295 e. The van der Waals surface area contributed by atoms with Crippen LogP contribution < -0.4 is 41.4 Å². The van der Waals surface area contributed by atoms with Crippen molar-refractivity contribution in [3.8, 4) is 23.9 Å². The quantitative estimate of drug-likeness (QED) is 0.00306. The lowest BCUT2D eigenvalue weighted by molar-refractivity contribution is -0.432.